The standard InChI is InChI=1S/C11H11NO5S/c1-8(13)17-12(2)18(14,15)10-3-4-11-9(7-10)5-6-16-11/h3-7H,1-2H3. The smallest absolute Gasteiger partial charge is 0.323 e. The number of sulfonamides is 1. The van der Waals surface area contributed by atoms with Crippen molar-refractivity contribution >= 4 is 27.0 Å². The van der Waals surface area contributed by atoms with Crippen LogP contribution >= 0.6 is 0 Å². The first-order valence-electron chi connectivity index (χ1n) is 5.06. The van der Waals surface area contributed by atoms with Gasteiger partial charge in [-0.25, -0.2) is 8.42 Å². The number of furan rings is 1. The molecule has 0 saturated heterocycles. The van der Waals surface area contributed by atoms with E-state index in [9.17, 15) is 13.2 Å². The Balaban J connectivity index is 2.42. The highest BCUT2D eigenvalue weighted by Crippen LogP contribution is 2.22. The van der Waals surface area contributed by atoms with Crippen molar-refractivity contribution in [2.24, 2.45) is 0 Å². The summed E-state index contributed by atoms with van der Waals surface area (Å²) < 4.78 is 29.8. The summed E-state index contributed by atoms with van der Waals surface area (Å²) in [7, 11) is -2.69. The van der Waals surface area contributed by atoms with Gasteiger partial charge in [-0.1, -0.05) is 0 Å². The lowest BCUT2D eigenvalue weighted by molar-refractivity contribution is -0.162. The molecule has 0 fully saturated rings. The van der Waals surface area contributed by atoms with E-state index in [1.807, 2.05) is 0 Å². The van der Waals surface area contributed by atoms with Crippen LogP contribution in [0.3, 0.4) is 0 Å². The van der Waals surface area contributed by atoms with Gasteiger partial charge in [0.2, 0.25) is 0 Å². The van der Waals surface area contributed by atoms with Crippen LogP contribution < -0.4 is 0 Å². The Bertz CT molecular complexity index is 688. The van der Waals surface area contributed by atoms with E-state index in [1.54, 1.807) is 12.1 Å². The van der Waals surface area contributed by atoms with Crippen molar-refractivity contribution in [2.75, 3.05) is 7.05 Å². The monoisotopic (exact) mass is 269 g/mol. The lowest BCUT2D eigenvalue weighted by Gasteiger charge is -2.15. The molecule has 0 bridgehead atoms. The van der Waals surface area contributed by atoms with Crippen molar-refractivity contribution in [3.8, 4) is 0 Å². The lowest BCUT2D eigenvalue weighted by atomic mass is 10.3. The number of carbonyl (C=O) groups is 1. The van der Waals surface area contributed by atoms with Crippen molar-refractivity contribution in [3.05, 3.63) is 30.5 Å². The first-order chi connectivity index (χ1) is 8.41. The van der Waals surface area contributed by atoms with Crippen molar-refractivity contribution in [1.29, 1.82) is 0 Å². The highest BCUT2D eigenvalue weighted by molar-refractivity contribution is 7.89. The van der Waals surface area contributed by atoms with Crippen LogP contribution in [0.25, 0.3) is 11.0 Å². The third-order valence-corrected chi connectivity index (χ3v) is 3.92. The van der Waals surface area contributed by atoms with E-state index in [0.29, 0.717) is 15.4 Å². The molecule has 0 saturated carbocycles. The van der Waals surface area contributed by atoms with Gasteiger partial charge in [0.1, 0.15) is 5.58 Å². The summed E-state index contributed by atoms with van der Waals surface area (Å²) in [5.74, 6) is -0.703. The van der Waals surface area contributed by atoms with Crippen molar-refractivity contribution in [1.82, 2.24) is 4.47 Å². The fourth-order valence-electron chi connectivity index (χ4n) is 1.48. The SMILES string of the molecule is CC(=O)ON(C)S(=O)(=O)c1ccc2occc2c1. The van der Waals surface area contributed by atoms with Crippen molar-refractivity contribution in [2.45, 2.75) is 11.8 Å². The summed E-state index contributed by atoms with van der Waals surface area (Å²) in [6, 6.07) is 6.04. The van der Waals surface area contributed by atoms with E-state index >= 15 is 0 Å². The van der Waals surface area contributed by atoms with Gasteiger partial charge in [-0.3, -0.25) is 4.79 Å². The fraction of sp³-hybridized carbons (Fsp3) is 0.182. The van der Waals surface area contributed by atoms with Crippen molar-refractivity contribution < 1.29 is 22.5 Å². The largest absolute Gasteiger partial charge is 0.464 e. The molecular formula is C11H11NO5S. The van der Waals surface area contributed by atoms with Crippen LogP contribution in [0.4, 0.5) is 0 Å². The van der Waals surface area contributed by atoms with Gasteiger partial charge in [-0.15, -0.1) is 0 Å². The van der Waals surface area contributed by atoms with Crippen LogP contribution in [-0.4, -0.2) is 25.9 Å². The van der Waals surface area contributed by atoms with Crippen LogP contribution in [0.15, 0.2) is 39.8 Å². The highest BCUT2D eigenvalue weighted by atomic mass is 32.2. The van der Waals surface area contributed by atoms with Gasteiger partial charge in [-0.2, -0.15) is 0 Å². The Morgan fingerprint density at radius 2 is 2.06 bits per heavy atom. The van der Waals surface area contributed by atoms with E-state index in [-0.39, 0.29) is 4.90 Å². The van der Waals surface area contributed by atoms with Gasteiger partial charge < -0.3 is 9.25 Å². The molecule has 0 aliphatic carbocycles. The van der Waals surface area contributed by atoms with Gasteiger partial charge in [0.15, 0.2) is 0 Å². The number of fused-ring (bicyclic) bond motifs is 1. The first-order valence-corrected chi connectivity index (χ1v) is 6.50. The second-order valence-electron chi connectivity index (χ2n) is 3.62. The molecule has 0 unspecified atom stereocenters. The molecule has 0 radical (unpaired) electrons. The predicted octanol–water partition coefficient (Wildman–Crippen LogP) is 1.53. The maximum absolute atomic E-state index is 12.1. The second-order valence-corrected chi connectivity index (χ2v) is 5.55. The number of hydroxylamine groups is 1. The number of nitrogens with zero attached hydrogens (tertiary/aromatic N) is 1. The first kappa shape index (κ1) is 12.6. The molecule has 1 heterocycles. The normalized spacial score (nSPS) is 11.9. The maximum Gasteiger partial charge on any atom is 0.323 e. The van der Waals surface area contributed by atoms with E-state index in [1.165, 1.54) is 18.4 Å². The zero-order chi connectivity index (χ0) is 13.3. The molecule has 7 heteroatoms. The quantitative estimate of drug-likeness (QED) is 0.790. The van der Waals surface area contributed by atoms with E-state index in [2.05, 4.69) is 4.84 Å². The van der Waals surface area contributed by atoms with E-state index < -0.39 is 16.0 Å². The Hall–Kier alpha value is -1.86. The molecule has 0 amide bonds. The topological polar surface area (TPSA) is 76.8 Å². The molecule has 6 nitrogen and oxygen atoms in total. The summed E-state index contributed by atoms with van der Waals surface area (Å²) in [5.41, 5.74) is 0.587. The molecule has 1 aromatic carbocycles. The summed E-state index contributed by atoms with van der Waals surface area (Å²) in [4.78, 5) is 15.3. The van der Waals surface area contributed by atoms with Crippen LogP contribution in [0.5, 0.6) is 0 Å². The fourth-order valence-corrected chi connectivity index (χ4v) is 2.50. The molecule has 0 spiro atoms. The van der Waals surface area contributed by atoms with Gasteiger partial charge in [0, 0.05) is 19.4 Å². The Kier molecular flexibility index (Phi) is 3.10. The molecular weight excluding hydrogens is 258 g/mol. The van der Waals surface area contributed by atoms with Gasteiger partial charge in [0.25, 0.3) is 10.0 Å². The average Bonchev–Trinajstić information content (AvgIpc) is 2.74. The molecule has 0 atom stereocenters. The van der Waals surface area contributed by atoms with Crippen LogP contribution in [0, 0.1) is 0 Å². The number of benzene rings is 1. The number of carbonyl (C=O) groups excluding carboxylic acids is 1. The minimum atomic E-state index is -3.85. The number of hydrogen-bond acceptors (Lipinski definition) is 5. The molecule has 2 aromatic rings. The van der Waals surface area contributed by atoms with Gasteiger partial charge >= 0.3 is 5.97 Å². The van der Waals surface area contributed by atoms with Crippen molar-refractivity contribution in [3.63, 3.8) is 0 Å². The van der Waals surface area contributed by atoms with Crippen LogP contribution in [0.1, 0.15) is 6.92 Å². The lowest BCUT2D eigenvalue weighted by Crippen LogP contribution is -2.29. The van der Waals surface area contributed by atoms with E-state index in [0.717, 1.165) is 14.0 Å². The van der Waals surface area contributed by atoms with Crippen LogP contribution in [-0.2, 0) is 19.7 Å². The third-order valence-electron chi connectivity index (χ3n) is 2.32. The Labute approximate surface area is 104 Å². The zero-order valence-electron chi connectivity index (χ0n) is 9.78. The molecule has 0 aliphatic rings. The minimum absolute atomic E-state index is 0.0279. The van der Waals surface area contributed by atoms with Crippen LogP contribution in [0.2, 0.25) is 0 Å². The number of rotatable bonds is 3. The summed E-state index contributed by atoms with van der Waals surface area (Å²) in [5, 5.41) is 0.660. The van der Waals surface area contributed by atoms with E-state index in [4.69, 9.17) is 4.42 Å². The molecule has 18 heavy (non-hydrogen) atoms. The Morgan fingerprint density at radius 3 is 2.72 bits per heavy atom. The molecule has 0 aliphatic heterocycles. The molecule has 96 valence electrons. The van der Waals surface area contributed by atoms with Gasteiger partial charge in [-0.05, 0) is 28.7 Å². The highest BCUT2D eigenvalue weighted by Gasteiger charge is 2.23. The Morgan fingerprint density at radius 1 is 1.33 bits per heavy atom. The predicted molar refractivity (Wildman–Crippen MR) is 62.9 cm³/mol. The summed E-state index contributed by atoms with van der Waals surface area (Å²) in [6.07, 6.45) is 1.47. The summed E-state index contributed by atoms with van der Waals surface area (Å²) >= 11 is 0. The third kappa shape index (κ3) is 2.22. The molecule has 1 aromatic heterocycles. The zero-order valence-corrected chi connectivity index (χ0v) is 10.6. The number of hydrogen-bond donors (Lipinski definition) is 0. The maximum atomic E-state index is 12.1. The second kappa shape index (κ2) is 4.43. The van der Waals surface area contributed by atoms with Gasteiger partial charge in [0.05, 0.1) is 11.2 Å². The minimum Gasteiger partial charge on any atom is -0.464 e. The summed E-state index contributed by atoms with van der Waals surface area (Å²) in [6.45, 7) is 1.13. The average molecular weight is 269 g/mol. The molecule has 0 N–H and O–H groups in total. The molecule has 2 rings (SSSR count).